The average molecular weight is 433 g/mol. The van der Waals surface area contributed by atoms with Gasteiger partial charge in [0, 0.05) is 47.7 Å². The summed E-state index contributed by atoms with van der Waals surface area (Å²) >= 11 is 5.98. The summed E-state index contributed by atoms with van der Waals surface area (Å²) in [6.45, 7) is 3.08. The zero-order valence-electron chi connectivity index (χ0n) is 17.3. The fourth-order valence-electron chi connectivity index (χ4n) is 4.65. The summed E-state index contributed by atoms with van der Waals surface area (Å²) in [5, 5.41) is 13.6. The minimum atomic E-state index is -0.896. The van der Waals surface area contributed by atoms with Crippen molar-refractivity contribution in [2.24, 2.45) is 0 Å². The smallest absolute Gasteiger partial charge is 0.256 e. The van der Waals surface area contributed by atoms with Crippen LogP contribution in [-0.2, 0) is 6.42 Å². The van der Waals surface area contributed by atoms with Crippen LogP contribution in [0.3, 0.4) is 0 Å². The van der Waals surface area contributed by atoms with Crippen molar-refractivity contribution in [3.05, 3.63) is 94.0 Å². The average Bonchev–Trinajstić information content (AvgIpc) is 2.80. The van der Waals surface area contributed by atoms with Crippen LogP contribution in [0.4, 0.5) is 0 Å². The van der Waals surface area contributed by atoms with Gasteiger partial charge in [-0.25, -0.2) is 0 Å². The maximum Gasteiger partial charge on any atom is 0.256 e. The van der Waals surface area contributed by atoms with Gasteiger partial charge in [0.25, 0.3) is 5.91 Å². The molecule has 0 saturated carbocycles. The van der Waals surface area contributed by atoms with Crippen molar-refractivity contribution in [1.29, 1.82) is 0 Å². The van der Waals surface area contributed by atoms with Crippen LogP contribution >= 0.6 is 11.6 Å². The van der Waals surface area contributed by atoms with Gasteiger partial charge in [0.2, 0.25) is 0 Å². The van der Waals surface area contributed by atoms with Gasteiger partial charge in [-0.1, -0.05) is 65.7 Å². The molecule has 5 rings (SSSR count). The van der Waals surface area contributed by atoms with Crippen LogP contribution in [-0.4, -0.2) is 47.0 Å². The molecule has 2 aliphatic heterocycles. The Morgan fingerprint density at radius 2 is 1.77 bits per heavy atom. The fourth-order valence-corrected chi connectivity index (χ4v) is 4.78. The lowest BCUT2D eigenvalue weighted by molar-refractivity contribution is 0.00144. The van der Waals surface area contributed by atoms with E-state index in [1.807, 2.05) is 48.5 Å². The molecule has 2 heterocycles. The number of hydrogen-bond acceptors (Lipinski definition) is 3. The molecule has 0 fully saturated rings. The summed E-state index contributed by atoms with van der Waals surface area (Å²) in [4.78, 5) is 17.0. The zero-order valence-corrected chi connectivity index (χ0v) is 18.1. The largest absolute Gasteiger partial charge is 0.369 e. The Hall–Kier alpha value is -2.66. The van der Waals surface area contributed by atoms with Crippen molar-refractivity contribution < 1.29 is 9.90 Å². The van der Waals surface area contributed by atoms with E-state index in [1.165, 1.54) is 11.1 Å². The first-order valence-corrected chi connectivity index (χ1v) is 11.1. The number of carbonyl (C=O) groups is 1. The lowest BCUT2D eigenvalue weighted by atomic mass is 9.93. The maximum absolute atomic E-state index is 13.1. The molecule has 1 unspecified atom stereocenters. The van der Waals surface area contributed by atoms with Crippen molar-refractivity contribution >= 4 is 28.3 Å². The van der Waals surface area contributed by atoms with E-state index < -0.39 is 6.23 Å². The minimum absolute atomic E-state index is 0.0900. The monoisotopic (exact) mass is 432 g/mol. The Bertz CT molecular complexity index is 1150. The van der Waals surface area contributed by atoms with Crippen LogP contribution in [0.1, 0.15) is 34.1 Å². The van der Waals surface area contributed by atoms with E-state index in [0.29, 0.717) is 12.1 Å². The van der Waals surface area contributed by atoms with E-state index in [9.17, 15) is 9.90 Å². The molecule has 5 heteroatoms. The van der Waals surface area contributed by atoms with Crippen LogP contribution in [0.2, 0.25) is 5.02 Å². The molecule has 4 nitrogen and oxygen atoms in total. The van der Waals surface area contributed by atoms with E-state index in [0.717, 1.165) is 53.8 Å². The third-order valence-electron chi connectivity index (χ3n) is 6.39. The standard InChI is InChI=1S/C26H25ClN2O2/c27-21-9-7-18(8-10-21)17-19-11-13-28(14-12-19)15-16-29-25(30)22-5-1-3-20-4-2-6-23(24(20)22)26(29)31/h1-11,25,30H,12-17H2. The topological polar surface area (TPSA) is 43.8 Å². The molecule has 1 N–H and O–H groups in total. The summed E-state index contributed by atoms with van der Waals surface area (Å²) in [6.07, 6.45) is 3.37. The van der Waals surface area contributed by atoms with Gasteiger partial charge in [0.1, 0.15) is 0 Å². The second-order valence-electron chi connectivity index (χ2n) is 8.34. The van der Waals surface area contributed by atoms with Crippen LogP contribution < -0.4 is 0 Å². The molecule has 0 aromatic heterocycles. The Morgan fingerprint density at radius 1 is 1.00 bits per heavy atom. The molecular weight excluding hydrogens is 408 g/mol. The third-order valence-corrected chi connectivity index (χ3v) is 6.64. The number of halogens is 1. The van der Waals surface area contributed by atoms with E-state index in [1.54, 1.807) is 4.90 Å². The lowest BCUT2D eigenvalue weighted by Gasteiger charge is -2.36. The molecule has 2 aliphatic rings. The van der Waals surface area contributed by atoms with Crippen molar-refractivity contribution in [2.45, 2.75) is 19.1 Å². The number of hydrogen-bond donors (Lipinski definition) is 1. The molecule has 1 atom stereocenters. The van der Waals surface area contributed by atoms with Gasteiger partial charge in [-0.05, 0) is 42.0 Å². The van der Waals surface area contributed by atoms with Crippen molar-refractivity contribution in [1.82, 2.24) is 9.80 Å². The first kappa shape index (κ1) is 20.3. The number of aliphatic hydroxyl groups excluding tert-OH is 1. The highest BCUT2D eigenvalue weighted by Gasteiger charge is 2.32. The minimum Gasteiger partial charge on any atom is -0.369 e. The summed E-state index contributed by atoms with van der Waals surface area (Å²) in [7, 11) is 0. The summed E-state index contributed by atoms with van der Waals surface area (Å²) in [5.74, 6) is -0.0900. The Balaban J connectivity index is 1.23. The molecule has 0 bridgehead atoms. The molecule has 3 aromatic rings. The van der Waals surface area contributed by atoms with Gasteiger partial charge in [0.05, 0.1) is 0 Å². The van der Waals surface area contributed by atoms with Crippen LogP contribution in [0.5, 0.6) is 0 Å². The van der Waals surface area contributed by atoms with Gasteiger partial charge >= 0.3 is 0 Å². The first-order valence-electron chi connectivity index (χ1n) is 10.8. The number of carbonyl (C=O) groups excluding carboxylic acids is 1. The Morgan fingerprint density at radius 3 is 2.52 bits per heavy atom. The van der Waals surface area contributed by atoms with Crippen molar-refractivity contribution in [3.63, 3.8) is 0 Å². The second kappa shape index (κ2) is 8.46. The number of amides is 1. The predicted molar refractivity (Wildman–Crippen MR) is 124 cm³/mol. The Labute approximate surface area is 187 Å². The van der Waals surface area contributed by atoms with Crippen LogP contribution in [0, 0.1) is 0 Å². The first-order chi connectivity index (χ1) is 15.1. The van der Waals surface area contributed by atoms with E-state index >= 15 is 0 Å². The van der Waals surface area contributed by atoms with Crippen molar-refractivity contribution in [2.75, 3.05) is 26.2 Å². The molecule has 3 aromatic carbocycles. The molecule has 0 spiro atoms. The van der Waals surface area contributed by atoms with Crippen LogP contribution in [0.25, 0.3) is 10.8 Å². The number of benzene rings is 3. The van der Waals surface area contributed by atoms with Gasteiger partial charge in [0.15, 0.2) is 6.23 Å². The zero-order chi connectivity index (χ0) is 21.4. The molecule has 0 saturated heterocycles. The SMILES string of the molecule is O=C1c2cccc3cccc(c23)C(O)N1CCN1CC=C(Cc2ccc(Cl)cc2)CC1. The number of rotatable bonds is 5. The van der Waals surface area contributed by atoms with Gasteiger partial charge < -0.3 is 10.0 Å². The molecule has 1 amide bonds. The number of nitrogens with zero attached hydrogens (tertiary/aromatic N) is 2. The van der Waals surface area contributed by atoms with E-state index in [2.05, 4.69) is 23.1 Å². The van der Waals surface area contributed by atoms with Gasteiger partial charge in [-0.15, -0.1) is 0 Å². The number of aliphatic hydroxyl groups is 1. The fraction of sp³-hybridized carbons (Fsp3) is 0.269. The van der Waals surface area contributed by atoms with E-state index in [4.69, 9.17) is 11.6 Å². The highest BCUT2D eigenvalue weighted by molar-refractivity contribution is 6.30. The third kappa shape index (κ3) is 3.99. The van der Waals surface area contributed by atoms with Crippen molar-refractivity contribution in [3.8, 4) is 0 Å². The quantitative estimate of drug-likeness (QED) is 0.588. The van der Waals surface area contributed by atoms with Gasteiger partial charge in [-0.2, -0.15) is 0 Å². The molecule has 0 radical (unpaired) electrons. The summed E-state index contributed by atoms with van der Waals surface area (Å²) < 4.78 is 0. The highest BCUT2D eigenvalue weighted by Crippen LogP contribution is 2.35. The van der Waals surface area contributed by atoms with E-state index in [-0.39, 0.29) is 5.91 Å². The second-order valence-corrected chi connectivity index (χ2v) is 8.78. The molecule has 31 heavy (non-hydrogen) atoms. The lowest BCUT2D eigenvalue weighted by Crippen LogP contribution is -2.43. The van der Waals surface area contributed by atoms with Gasteiger partial charge in [-0.3, -0.25) is 9.69 Å². The maximum atomic E-state index is 13.1. The Kier molecular flexibility index (Phi) is 5.53. The molecular formula is C26H25ClN2O2. The normalized spacial score (nSPS) is 19.0. The molecule has 0 aliphatic carbocycles. The summed E-state index contributed by atoms with van der Waals surface area (Å²) in [5.41, 5.74) is 4.21. The molecule has 158 valence electrons. The van der Waals surface area contributed by atoms with Crippen LogP contribution in [0.15, 0.2) is 72.3 Å². The highest BCUT2D eigenvalue weighted by atomic mass is 35.5. The summed E-state index contributed by atoms with van der Waals surface area (Å²) in [6, 6.07) is 19.6. The predicted octanol–water partition coefficient (Wildman–Crippen LogP) is 4.81.